The van der Waals surface area contributed by atoms with E-state index in [9.17, 15) is 4.57 Å². The lowest BCUT2D eigenvalue weighted by Gasteiger charge is -2.21. The summed E-state index contributed by atoms with van der Waals surface area (Å²) in [5.41, 5.74) is 1.30. The van der Waals surface area contributed by atoms with Crippen molar-refractivity contribution in [1.29, 1.82) is 0 Å². The molecule has 1 aliphatic heterocycles. The first-order valence-electron chi connectivity index (χ1n) is 8.31. The summed E-state index contributed by atoms with van der Waals surface area (Å²) in [6.45, 7) is 0.885. The van der Waals surface area contributed by atoms with E-state index in [1.54, 1.807) is 0 Å². The van der Waals surface area contributed by atoms with E-state index in [0.29, 0.717) is 6.04 Å². The number of hydrogen-bond donors (Lipinski definition) is 0. The quantitative estimate of drug-likeness (QED) is 0.522. The van der Waals surface area contributed by atoms with Crippen molar-refractivity contribution in [3.8, 4) is 0 Å². The summed E-state index contributed by atoms with van der Waals surface area (Å²) in [7, 11) is -2.74. The molecule has 0 aromatic heterocycles. The number of nitrogens with zero attached hydrogens (tertiary/aromatic N) is 1. The van der Waals surface area contributed by atoms with E-state index < -0.39 is 7.29 Å². The van der Waals surface area contributed by atoms with E-state index in [1.165, 1.54) is 5.56 Å². The van der Waals surface area contributed by atoms with Gasteiger partial charge in [0.15, 0.2) is 0 Å². The first kappa shape index (κ1) is 15.4. The van der Waals surface area contributed by atoms with Crippen LogP contribution in [0.15, 0.2) is 91.0 Å². The molecule has 0 saturated carbocycles. The summed E-state index contributed by atoms with van der Waals surface area (Å²) in [4.78, 5) is 0. The maximum Gasteiger partial charge on any atom is 0.207 e. The van der Waals surface area contributed by atoms with Crippen molar-refractivity contribution in [2.24, 2.45) is 0 Å². The van der Waals surface area contributed by atoms with Crippen LogP contribution in [0, 0.1) is 0 Å². The second-order valence-corrected chi connectivity index (χ2v) is 8.91. The monoisotopic (exact) mass is 333 g/mol. The Balaban J connectivity index is 1.67. The summed E-state index contributed by atoms with van der Waals surface area (Å²) in [6, 6.07) is 30.6. The molecular formula is C21H20NOP. The fraction of sp³-hybridized carbons (Fsp3) is 0.143. The molecule has 0 bridgehead atoms. The fourth-order valence-electron chi connectivity index (χ4n) is 3.28. The predicted molar refractivity (Wildman–Crippen MR) is 100 cm³/mol. The van der Waals surface area contributed by atoms with E-state index in [1.807, 2.05) is 66.7 Å². The van der Waals surface area contributed by atoms with Gasteiger partial charge in [-0.05, 0) is 36.2 Å². The third-order valence-corrected chi connectivity index (χ3v) is 7.78. The molecule has 24 heavy (non-hydrogen) atoms. The highest BCUT2D eigenvalue weighted by molar-refractivity contribution is 7.76. The van der Waals surface area contributed by atoms with Gasteiger partial charge in [0, 0.05) is 23.2 Å². The number of rotatable bonds is 5. The average molecular weight is 333 g/mol. The summed E-state index contributed by atoms with van der Waals surface area (Å²) in [5, 5.41) is 1.85. The SMILES string of the molecule is O=P(c1ccccc1)(c1ccccc1)N1C[C@@H]1Cc1ccccc1. The zero-order valence-corrected chi connectivity index (χ0v) is 14.3. The van der Waals surface area contributed by atoms with Crippen molar-refractivity contribution in [1.82, 2.24) is 4.67 Å². The number of hydrogen-bond acceptors (Lipinski definition) is 1. The van der Waals surface area contributed by atoms with Gasteiger partial charge >= 0.3 is 0 Å². The molecule has 3 heteroatoms. The van der Waals surface area contributed by atoms with Crippen LogP contribution in [0.5, 0.6) is 0 Å². The van der Waals surface area contributed by atoms with Crippen molar-refractivity contribution < 1.29 is 4.57 Å². The lowest BCUT2D eigenvalue weighted by Crippen LogP contribution is -2.22. The molecule has 1 saturated heterocycles. The zero-order valence-electron chi connectivity index (χ0n) is 13.5. The van der Waals surface area contributed by atoms with Crippen molar-refractivity contribution in [2.75, 3.05) is 6.54 Å². The third kappa shape index (κ3) is 2.84. The van der Waals surface area contributed by atoms with Crippen LogP contribution in [0.25, 0.3) is 0 Å². The summed E-state index contributed by atoms with van der Waals surface area (Å²) >= 11 is 0. The Bertz CT molecular complexity index is 805. The van der Waals surface area contributed by atoms with Crippen LogP contribution < -0.4 is 10.6 Å². The van der Waals surface area contributed by atoms with Crippen LogP contribution in [-0.4, -0.2) is 17.3 Å². The molecule has 3 aromatic carbocycles. The van der Waals surface area contributed by atoms with E-state index >= 15 is 0 Å². The highest BCUT2D eigenvalue weighted by atomic mass is 31.2. The third-order valence-electron chi connectivity index (χ3n) is 4.57. The average Bonchev–Trinajstić information content (AvgIpc) is 3.43. The largest absolute Gasteiger partial charge is 0.296 e. The van der Waals surface area contributed by atoms with Gasteiger partial charge in [0.1, 0.15) is 0 Å². The van der Waals surface area contributed by atoms with E-state index in [2.05, 4.69) is 28.9 Å². The summed E-state index contributed by atoms with van der Waals surface area (Å²) in [6.07, 6.45) is 0.949. The van der Waals surface area contributed by atoms with Gasteiger partial charge in [-0.2, -0.15) is 0 Å². The van der Waals surface area contributed by atoms with Crippen molar-refractivity contribution in [3.05, 3.63) is 96.6 Å². The molecule has 120 valence electrons. The van der Waals surface area contributed by atoms with E-state index in [4.69, 9.17) is 0 Å². The fourth-order valence-corrected chi connectivity index (χ4v) is 6.28. The first-order chi connectivity index (χ1) is 11.8. The molecule has 1 aliphatic rings. The second kappa shape index (κ2) is 6.39. The van der Waals surface area contributed by atoms with Gasteiger partial charge in [0.2, 0.25) is 7.29 Å². The van der Waals surface area contributed by atoms with Gasteiger partial charge in [-0.25, -0.2) is 4.67 Å². The molecule has 1 heterocycles. The van der Waals surface area contributed by atoms with Crippen molar-refractivity contribution in [2.45, 2.75) is 12.5 Å². The molecular weight excluding hydrogens is 313 g/mol. The van der Waals surface area contributed by atoms with Crippen molar-refractivity contribution >= 4 is 17.9 Å². The highest BCUT2D eigenvalue weighted by Crippen LogP contribution is 2.55. The summed E-state index contributed by atoms with van der Waals surface area (Å²) < 4.78 is 16.3. The van der Waals surface area contributed by atoms with Gasteiger partial charge < -0.3 is 0 Å². The molecule has 2 atom stereocenters. The smallest absolute Gasteiger partial charge is 0.207 e. The molecule has 0 radical (unpaired) electrons. The molecule has 1 unspecified atom stereocenters. The zero-order chi connectivity index (χ0) is 16.4. The predicted octanol–water partition coefficient (Wildman–Crippen LogP) is 3.84. The molecule has 0 aliphatic carbocycles. The van der Waals surface area contributed by atoms with Crippen molar-refractivity contribution in [3.63, 3.8) is 0 Å². The minimum Gasteiger partial charge on any atom is -0.296 e. The van der Waals surface area contributed by atoms with Gasteiger partial charge in [-0.15, -0.1) is 0 Å². The second-order valence-electron chi connectivity index (χ2n) is 6.21. The topological polar surface area (TPSA) is 20.1 Å². The lowest BCUT2D eigenvalue weighted by atomic mass is 10.1. The van der Waals surface area contributed by atoms with Gasteiger partial charge in [-0.1, -0.05) is 66.7 Å². The maximum absolute atomic E-state index is 14.1. The van der Waals surface area contributed by atoms with E-state index in [0.717, 1.165) is 23.6 Å². The van der Waals surface area contributed by atoms with Crippen LogP contribution in [0.2, 0.25) is 0 Å². The first-order valence-corrected chi connectivity index (χ1v) is 9.97. The molecule has 1 fully saturated rings. The molecule has 0 spiro atoms. The Labute approximate surface area is 143 Å². The Morgan fingerprint density at radius 3 is 1.71 bits per heavy atom. The van der Waals surface area contributed by atoms with Gasteiger partial charge in [-0.3, -0.25) is 4.57 Å². The molecule has 4 rings (SSSR count). The van der Waals surface area contributed by atoms with Crippen LogP contribution in [-0.2, 0) is 11.0 Å². The van der Waals surface area contributed by atoms with Gasteiger partial charge in [0.05, 0.1) is 0 Å². The Morgan fingerprint density at radius 1 is 0.750 bits per heavy atom. The lowest BCUT2D eigenvalue weighted by molar-refractivity contribution is 0.557. The van der Waals surface area contributed by atoms with Crippen LogP contribution >= 0.6 is 7.29 Å². The highest BCUT2D eigenvalue weighted by Gasteiger charge is 2.48. The molecule has 3 aromatic rings. The minimum atomic E-state index is -2.74. The Morgan fingerprint density at radius 2 is 1.21 bits per heavy atom. The van der Waals surface area contributed by atoms with Gasteiger partial charge in [0.25, 0.3) is 0 Å². The standard InChI is InChI=1S/C21H20NOP/c23-24(20-12-6-2-7-13-20,21-14-8-3-9-15-21)22-17-19(22)16-18-10-4-1-5-11-18/h1-15,19H,16-17H2/t19-,22?/m0/s1. The molecule has 0 amide bonds. The van der Waals surface area contributed by atoms with Crippen LogP contribution in [0.1, 0.15) is 5.56 Å². The normalized spacial score (nSPS) is 19.8. The minimum absolute atomic E-state index is 0.346. The maximum atomic E-state index is 14.1. The molecule has 0 N–H and O–H groups in total. The van der Waals surface area contributed by atoms with E-state index in [-0.39, 0.29) is 0 Å². The Kier molecular flexibility index (Phi) is 4.10. The van der Waals surface area contributed by atoms with Crippen LogP contribution in [0.4, 0.5) is 0 Å². The number of benzene rings is 3. The Hall–Kier alpha value is -2.15. The summed E-state index contributed by atoms with van der Waals surface area (Å²) in [5.74, 6) is 0. The molecule has 2 nitrogen and oxygen atoms in total. The van der Waals surface area contributed by atoms with Crippen LogP contribution in [0.3, 0.4) is 0 Å².